The van der Waals surface area contributed by atoms with Gasteiger partial charge in [-0.3, -0.25) is 29.2 Å². The molecule has 3 aliphatic heterocycles. The van der Waals surface area contributed by atoms with Crippen LogP contribution in [0.1, 0.15) is 128 Å². The van der Waals surface area contributed by atoms with E-state index in [1.807, 2.05) is 64.9 Å². The maximum Gasteiger partial charge on any atom is 0.326 e. The zero-order chi connectivity index (χ0) is 61.2. The lowest BCUT2D eigenvalue weighted by atomic mass is 9.93. The summed E-state index contributed by atoms with van der Waals surface area (Å²) < 4.78 is 46.8. The van der Waals surface area contributed by atoms with Crippen LogP contribution >= 0.6 is 34.8 Å². The number of anilines is 2. The number of carbonyl (C=O) groups excluding carboxylic acids is 4. The number of halogens is 5. The smallest absolute Gasteiger partial charge is 0.326 e. The summed E-state index contributed by atoms with van der Waals surface area (Å²) in [6, 6.07) is 29.0. The van der Waals surface area contributed by atoms with Crippen LogP contribution in [0.5, 0.6) is 17.2 Å². The number of rotatable bonds is 22. The van der Waals surface area contributed by atoms with Gasteiger partial charge >= 0.3 is 6.03 Å². The van der Waals surface area contributed by atoms with Crippen LogP contribution in [0.2, 0.25) is 15.1 Å². The summed E-state index contributed by atoms with van der Waals surface area (Å²) in [6.45, 7) is 8.42. The quantitative estimate of drug-likeness (QED) is 0.0432. The third-order valence-electron chi connectivity index (χ3n) is 15.6. The minimum Gasteiger partial charge on any atom is -0.497 e. The molecule has 5 amide bonds. The number of urea groups is 1. The van der Waals surface area contributed by atoms with Gasteiger partial charge in [0.2, 0.25) is 11.8 Å². The number of benzene rings is 5. The predicted octanol–water partition coefficient (Wildman–Crippen LogP) is 12.5. The zero-order valence-corrected chi connectivity index (χ0v) is 50.6. The van der Waals surface area contributed by atoms with Crippen LogP contribution in [0, 0.1) is 11.6 Å². The van der Waals surface area contributed by atoms with E-state index >= 15 is 4.79 Å². The van der Waals surface area contributed by atoms with Gasteiger partial charge in [-0.05, 0) is 117 Å². The molecule has 6 aromatic rings. The lowest BCUT2D eigenvalue weighted by molar-refractivity contribution is -0.135. The molecule has 0 radical (unpaired) electrons. The molecule has 4 N–H and O–H groups in total. The summed E-state index contributed by atoms with van der Waals surface area (Å²) in [5.74, 6) is -1.05. The van der Waals surface area contributed by atoms with Gasteiger partial charge in [0, 0.05) is 80.2 Å². The number of nitrogens with two attached hydrogens (primary N) is 1. The molecular formula is C64H70Cl3F2N9O8. The molecule has 4 heterocycles. The van der Waals surface area contributed by atoms with Crippen LogP contribution in [-0.4, -0.2) is 130 Å². The molecule has 9 rings (SSSR count). The number of pyridine rings is 1. The summed E-state index contributed by atoms with van der Waals surface area (Å²) in [5.41, 5.74) is 8.97. The monoisotopic (exact) mass is 1240 g/mol. The van der Waals surface area contributed by atoms with Gasteiger partial charge in [-0.25, -0.2) is 18.6 Å². The molecule has 0 spiro atoms. The van der Waals surface area contributed by atoms with Crippen molar-refractivity contribution in [2.75, 3.05) is 70.5 Å². The molecule has 86 heavy (non-hydrogen) atoms. The molecule has 0 bridgehead atoms. The highest BCUT2D eigenvalue weighted by atomic mass is 35.5. The van der Waals surface area contributed by atoms with E-state index in [-0.39, 0.29) is 52.6 Å². The van der Waals surface area contributed by atoms with Crippen LogP contribution in [0.15, 0.2) is 120 Å². The number of aliphatic hydroxyl groups excluding tert-OH is 1. The van der Waals surface area contributed by atoms with Crippen LogP contribution in [-0.2, 0) is 9.59 Å². The van der Waals surface area contributed by atoms with E-state index in [0.29, 0.717) is 96.4 Å². The number of unbranched alkanes of at least 4 members (excludes halogenated alkanes) is 5. The van der Waals surface area contributed by atoms with Crippen molar-refractivity contribution < 1.29 is 47.3 Å². The molecular weight excluding hydrogens is 1170 g/mol. The number of aliphatic imine (C=N–C) groups is 1. The number of piperazine rings is 2. The molecule has 2 fully saturated rings. The first-order valence-electron chi connectivity index (χ1n) is 28.8. The maximum absolute atomic E-state index is 15.1. The topological polar surface area (TPSA) is 196 Å². The summed E-state index contributed by atoms with van der Waals surface area (Å²) in [7, 11) is 1.58. The second kappa shape index (κ2) is 28.8. The normalized spacial score (nSPS) is 17.2. The number of ether oxygens (including phenoxy) is 3. The minimum atomic E-state index is -1.15. The van der Waals surface area contributed by atoms with Gasteiger partial charge < -0.3 is 45.1 Å². The number of carbonyl (C=O) groups is 4. The Morgan fingerprint density at radius 3 is 2.07 bits per heavy atom. The first-order valence-corrected chi connectivity index (χ1v) is 30.0. The van der Waals surface area contributed by atoms with Crippen molar-refractivity contribution in [2.24, 2.45) is 4.99 Å². The molecule has 0 aliphatic carbocycles. The third kappa shape index (κ3) is 15.2. The second-order valence-corrected chi connectivity index (χ2v) is 23.1. The minimum absolute atomic E-state index is 0.0519. The fourth-order valence-electron chi connectivity index (χ4n) is 10.9. The third-order valence-corrected chi connectivity index (χ3v) is 16.4. The van der Waals surface area contributed by atoms with Gasteiger partial charge in [-0.15, -0.1) is 0 Å². The first-order chi connectivity index (χ1) is 41.4. The van der Waals surface area contributed by atoms with Gasteiger partial charge in [-0.2, -0.15) is 0 Å². The van der Waals surface area contributed by atoms with Crippen LogP contribution < -0.4 is 25.3 Å². The largest absolute Gasteiger partial charge is 0.497 e. The van der Waals surface area contributed by atoms with Gasteiger partial charge in [0.25, 0.3) is 5.91 Å². The van der Waals surface area contributed by atoms with Crippen molar-refractivity contribution in [3.63, 3.8) is 0 Å². The molecule has 2 saturated heterocycles. The van der Waals surface area contributed by atoms with E-state index < -0.39 is 47.5 Å². The summed E-state index contributed by atoms with van der Waals surface area (Å²) in [6.07, 6.45) is 4.75. The Bertz CT molecular complexity index is 3410. The van der Waals surface area contributed by atoms with Gasteiger partial charge in [0.15, 0.2) is 17.4 Å². The Kier molecular flexibility index (Phi) is 21.1. The van der Waals surface area contributed by atoms with Crippen LogP contribution in [0.25, 0.3) is 0 Å². The SMILES string of the molecule is COc1ccc(C2=N[C@@H](c3ccc(Cl)cc3)[C@@H](c3ccc(Cl)cc3)N2C(=O)N2CCN(CCCCCCCCC(=O)N3CCN(C(O)c4ccc(NC(=O)c5cnc(N)c(O[C@H](C)c6c(F)ccc(Cl)c6F)c5)cc4)CC3)C(=O)C2)c(OC(C)C)c1. The fraction of sp³-hybridized carbons (Fsp3) is 0.375. The standard InChI is InChI=1S/C64H70Cl3F2N9O8/c1-39(2)85-52-36-48(84-4)24-25-49(52)61-73-58(41-12-18-45(65)19-13-41)59(42-14-20-46(66)21-15-42)78(61)64(83)77-34-31-74(55(80)38-77)28-10-8-6-5-7-9-11-54(79)75-29-32-76(33-30-75)63(82)43-16-22-47(23-17-43)72-62(81)44-35-53(60(70)71-37-44)86-40(3)56-51(68)27-26-50(67)57(56)69/h12-27,35-37,39-40,58-59,63,82H,5-11,28-34,38H2,1-4H3,(H2,70,71)(H,72,81)/t40-,58+,59-,63?/m1/s1. The van der Waals surface area contributed by atoms with E-state index in [1.165, 1.54) is 19.2 Å². The highest BCUT2D eigenvalue weighted by Gasteiger charge is 2.46. The average molecular weight is 1240 g/mol. The molecule has 1 aromatic heterocycles. The van der Waals surface area contributed by atoms with Gasteiger partial charge in [0.05, 0.1) is 41.0 Å². The van der Waals surface area contributed by atoms with Gasteiger partial charge in [-0.1, -0.05) is 96.9 Å². The molecule has 17 nitrogen and oxygen atoms in total. The van der Waals surface area contributed by atoms with E-state index in [1.54, 1.807) is 71.5 Å². The Labute approximate surface area is 514 Å². The molecule has 1 unspecified atom stereocenters. The average Bonchev–Trinajstić information content (AvgIpc) is 1.69. The van der Waals surface area contributed by atoms with E-state index in [4.69, 9.17) is 59.7 Å². The van der Waals surface area contributed by atoms with Crippen molar-refractivity contribution in [2.45, 2.75) is 96.2 Å². The van der Waals surface area contributed by atoms with Gasteiger partial charge in [0.1, 0.15) is 48.1 Å². The molecule has 454 valence electrons. The molecule has 0 saturated carbocycles. The lowest BCUT2D eigenvalue weighted by Crippen LogP contribution is -2.56. The number of aromatic nitrogens is 1. The molecule has 3 aliphatic rings. The number of nitrogens with zero attached hydrogens (tertiary/aromatic N) is 7. The first kappa shape index (κ1) is 63.0. The Hall–Kier alpha value is -7.55. The summed E-state index contributed by atoms with van der Waals surface area (Å²) in [4.78, 5) is 73.6. The summed E-state index contributed by atoms with van der Waals surface area (Å²) >= 11 is 18.6. The number of methoxy groups -OCH3 is 1. The van der Waals surface area contributed by atoms with Crippen molar-refractivity contribution in [3.05, 3.63) is 175 Å². The number of amidine groups is 1. The number of amides is 5. The maximum atomic E-state index is 15.1. The van der Waals surface area contributed by atoms with E-state index in [0.717, 1.165) is 61.8 Å². The number of nitrogens with one attached hydrogen (secondary N) is 1. The van der Waals surface area contributed by atoms with Crippen LogP contribution in [0.4, 0.5) is 25.1 Å². The van der Waals surface area contributed by atoms with E-state index in [9.17, 15) is 28.3 Å². The lowest BCUT2D eigenvalue weighted by Gasteiger charge is -2.38. The van der Waals surface area contributed by atoms with Crippen molar-refractivity contribution in [3.8, 4) is 17.2 Å². The number of hydrogen-bond donors (Lipinski definition) is 3. The fourth-order valence-corrected chi connectivity index (χ4v) is 11.3. The zero-order valence-electron chi connectivity index (χ0n) is 48.4. The molecule has 4 atom stereocenters. The Morgan fingerprint density at radius 1 is 0.756 bits per heavy atom. The number of hydrogen-bond acceptors (Lipinski definition) is 12. The Balaban J connectivity index is 0.698. The number of aliphatic hydroxyl groups is 1. The molecule has 22 heteroatoms. The van der Waals surface area contributed by atoms with Crippen molar-refractivity contribution in [1.82, 2.24) is 29.5 Å². The molecule has 5 aromatic carbocycles. The Morgan fingerprint density at radius 2 is 1.41 bits per heavy atom. The van der Waals surface area contributed by atoms with E-state index in [2.05, 4.69) is 10.3 Å². The highest BCUT2D eigenvalue weighted by molar-refractivity contribution is 6.31. The summed E-state index contributed by atoms with van der Waals surface area (Å²) in [5, 5.41) is 14.9. The van der Waals surface area contributed by atoms with Crippen molar-refractivity contribution >= 4 is 75.9 Å². The van der Waals surface area contributed by atoms with Crippen LogP contribution in [0.3, 0.4) is 0 Å². The predicted molar refractivity (Wildman–Crippen MR) is 328 cm³/mol. The van der Waals surface area contributed by atoms with Crippen molar-refractivity contribution in [1.29, 1.82) is 0 Å². The highest BCUT2D eigenvalue weighted by Crippen LogP contribution is 2.46. The number of nitrogen functional groups attached to an aromatic ring is 1. The second-order valence-electron chi connectivity index (χ2n) is 21.8.